The van der Waals surface area contributed by atoms with Gasteiger partial charge in [0, 0.05) is 6.04 Å². The van der Waals surface area contributed by atoms with E-state index in [4.69, 9.17) is 11.0 Å². The summed E-state index contributed by atoms with van der Waals surface area (Å²) >= 11 is 0. The van der Waals surface area contributed by atoms with Crippen molar-refractivity contribution in [2.75, 3.05) is 13.1 Å². The van der Waals surface area contributed by atoms with Gasteiger partial charge in [-0.15, -0.1) is 0 Å². The SMILES string of the molecule is CCC1CCCCN1CCCC(C)(N)C#N. The van der Waals surface area contributed by atoms with E-state index in [1.165, 1.54) is 32.2 Å². The van der Waals surface area contributed by atoms with Crippen LogP contribution in [-0.4, -0.2) is 29.6 Å². The van der Waals surface area contributed by atoms with E-state index in [9.17, 15) is 0 Å². The van der Waals surface area contributed by atoms with Gasteiger partial charge in [-0.25, -0.2) is 0 Å². The molecule has 16 heavy (non-hydrogen) atoms. The first kappa shape index (κ1) is 13.5. The van der Waals surface area contributed by atoms with E-state index in [-0.39, 0.29) is 0 Å². The number of rotatable bonds is 5. The molecule has 2 unspecified atom stereocenters. The minimum Gasteiger partial charge on any atom is -0.314 e. The van der Waals surface area contributed by atoms with Crippen molar-refractivity contribution >= 4 is 0 Å². The van der Waals surface area contributed by atoms with Crippen molar-refractivity contribution in [3.05, 3.63) is 0 Å². The van der Waals surface area contributed by atoms with Gasteiger partial charge < -0.3 is 10.6 Å². The Morgan fingerprint density at radius 1 is 1.50 bits per heavy atom. The number of nitrogens with zero attached hydrogens (tertiary/aromatic N) is 2. The van der Waals surface area contributed by atoms with E-state index < -0.39 is 5.54 Å². The molecular formula is C13H25N3. The Kier molecular flexibility index (Phi) is 5.24. The zero-order valence-electron chi connectivity index (χ0n) is 10.7. The summed E-state index contributed by atoms with van der Waals surface area (Å²) in [5, 5.41) is 8.84. The van der Waals surface area contributed by atoms with Crippen LogP contribution in [0.15, 0.2) is 0 Å². The molecule has 2 N–H and O–H groups in total. The number of piperidine rings is 1. The summed E-state index contributed by atoms with van der Waals surface area (Å²) in [5.74, 6) is 0. The lowest BCUT2D eigenvalue weighted by molar-refractivity contribution is 0.140. The standard InChI is InChI=1S/C13H25N3/c1-3-12-7-4-5-9-16(12)10-6-8-13(2,15)11-14/h12H,3-10,15H2,1-2H3. The Morgan fingerprint density at radius 2 is 2.25 bits per heavy atom. The Labute approximate surface area is 99.6 Å². The zero-order valence-corrected chi connectivity index (χ0v) is 10.7. The van der Waals surface area contributed by atoms with E-state index in [1.807, 2.05) is 6.92 Å². The molecule has 3 nitrogen and oxygen atoms in total. The molecule has 0 aromatic heterocycles. The van der Waals surface area contributed by atoms with E-state index in [0.29, 0.717) is 0 Å². The van der Waals surface area contributed by atoms with Gasteiger partial charge in [0.25, 0.3) is 0 Å². The molecule has 0 spiro atoms. The molecule has 0 aromatic rings. The third-order valence-electron chi connectivity index (χ3n) is 3.62. The molecule has 1 aliphatic rings. The molecule has 3 heteroatoms. The first-order chi connectivity index (χ1) is 7.59. The Balaban J connectivity index is 2.28. The van der Waals surface area contributed by atoms with Gasteiger partial charge in [-0.2, -0.15) is 5.26 Å². The molecule has 0 bridgehead atoms. The molecule has 0 aromatic carbocycles. The quantitative estimate of drug-likeness (QED) is 0.778. The molecule has 0 amide bonds. The number of hydrogen-bond acceptors (Lipinski definition) is 3. The third-order valence-corrected chi connectivity index (χ3v) is 3.62. The number of likely N-dealkylation sites (tertiary alicyclic amines) is 1. The summed E-state index contributed by atoms with van der Waals surface area (Å²) in [4.78, 5) is 2.58. The lowest BCUT2D eigenvalue weighted by Crippen LogP contribution is -2.41. The molecule has 1 saturated heterocycles. The van der Waals surface area contributed by atoms with Gasteiger partial charge in [0.05, 0.1) is 6.07 Å². The van der Waals surface area contributed by atoms with Gasteiger partial charge in [-0.3, -0.25) is 0 Å². The molecule has 0 aliphatic carbocycles. The molecular weight excluding hydrogens is 198 g/mol. The molecule has 1 fully saturated rings. The lowest BCUT2D eigenvalue weighted by atomic mass is 9.96. The van der Waals surface area contributed by atoms with E-state index in [1.54, 1.807) is 0 Å². The highest BCUT2D eigenvalue weighted by Gasteiger charge is 2.22. The van der Waals surface area contributed by atoms with Gasteiger partial charge in [0.15, 0.2) is 0 Å². The first-order valence-electron chi connectivity index (χ1n) is 6.53. The molecule has 0 saturated carbocycles. The minimum atomic E-state index is -0.641. The van der Waals surface area contributed by atoms with Crippen LogP contribution < -0.4 is 5.73 Å². The average molecular weight is 223 g/mol. The van der Waals surface area contributed by atoms with Crippen molar-refractivity contribution < 1.29 is 0 Å². The van der Waals surface area contributed by atoms with Crippen LogP contribution in [0, 0.1) is 11.3 Å². The number of hydrogen-bond donors (Lipinski definition) is 1. The van der Waals surface area contributed by atoms with Crippen LogP contribution in [0.25, 0.3) is 0 Å². The van der Waals surface area contributed by atoms with Crippen LogP contribution >= 0.6 is 0 Å². The summed E-state index contributed by atoms with van der Waals surface area (Å²) in [6.45, 7) is 6.42. The number of nitriles is 1. The maximum atomic E-state index is 8.84. The Bertz CT molecular complexity index is 242. The predicted molar refractivity (Wildman–Crippen MR) is 66.9 cm³/mol. The second-order valence-corrected chi connectivity index (χ2v) is 5.23. The largest absolute Gasteiger partial charge is 0.314 e. The molecule has 92 valence electrons. The molecule has 2 atom stereocenters. The van der Waals surface area contributed by atoms with Crippen molar-refractivity contribution in [3.63, 3.8) is 0 Å². The van der Waals surface area contributed by atoms with E-state index in [0.717, 1.165) is 25.4 Å². The molecule has 0 radical (unpaired) electrons. The maximum absolute atomic E-state index is 8.84. The number of nitrogens with two attached hydrogens (primary N) is 1. The summed E-state index contributed by atoms with van der Waals surface area (Å²) in [7, 11) is 0. The van der Waals surface area contributed by atoms with Crippen molar-refractivity contribution in [2.45, 2.75) is 64.0 Å². The fraction of sp³-hybridized carbons (Fsp3) is 0.923. The topological polar surface area (TPSA) is 53.0 Å². The Morgan fingerprint density at radius 3 is 2.88 bits per heavy atom. The van der Waals surface area contributed by atoms with Crippen LogP contribution in [0.5, 0.6) is 0 Å². The third kappa shape index (κ3) is 4.11. The van der Waals surface area contributed by atoms with Crippen molar-refractivity contribution in [3.8, 4) is 6.07 Å². The van der Waals surface area contributed by atoms with Crippen LogP contribution in [0.4, 0.5) is 0 Å². The highest BCUT2D eigenvalue weighted by atomic mass is 15.2. The lowest BCUT2D eigenvalue weighted by Gasteiger charge is -2.35. The summed E-state index contributed by atoms with van der Waals surface area (Å²) < 4.78 is 0. The van der Waals surface area contributed by atoms with Crippen molar-refractivity contribution in [1.29, 1.82) is 5.26 Å². The van der Waals surface area contributed by atoms with Crippen LogP contribution in [-0.2, 0) is 0 Å². The van der Waals surface area contributed by atoms with Crippen molar-refractivity contribution in [2.24, 2.45) is 5.73 Å². The van der Waals surface area contributed by atoms with Crippen LogP contribution in [0.1, 0.15) is 52.4 Å². The van der Waals surface area contributed by atoms with E-state index in [2.05, 4.69) is 17.9 Å². The maximum Gasteiger partial charge on any atom is 0.101 e. The van der Waals surface area contributed by atoms with Gasteiger partial charge in [0.1, 0.15) is 5.54 Å². The highest BCUT2D eigenvalue weighted by molar-refractivity contribution is 5.00. The fourth-order valence-corrected chi connectivity index (χ4v) is 2.52. The zero-order chi connectivity index (χ0) is 12.0. The Hall–Kier alpha value is -0.590. The normalized spacial score (nSPS) is 26.0. The van der Waals surface area contributed by atoms with Crippen molar-refractivity contribution in [1.82, 2.24) is 4.90 Å². The first-order valence-corrected chi connectivity index (χ1v) is 6.53. The predicted octanol–water partition coefficient (Wildman–Crippen LogP) is 2.27. The van der Waals surface area contributed by atoms with Gasteiger partial charge in [0.2, 0.25) is 0 Å². The summed E-state index contributed by atoms with van der Waals surface area (Å²) in [6, 6.07) is 2.93. The smallest absolute Gasteiger partial charge is 0.101 e. The average Bonchev–Trinajstić information content (AvgIpc) is 2.29. The summed E-state index contributed by atoms with van der Waals surface area (Å²) in [6.07, 6.45) is 7.14. The minimum absolute atomic E-state index is 0.641. The van der Waals surface area contributed by atoms with Gasteiger partial charge in [-0.1, -0.05) is 13.3 Å². The van der Waals surface area contributed by atoms with E-state index >= 15 is 0 Å². The monoisotopic (exact) mass is 223 g/mol. The van der Waals surface area contributed by atoms with Crippen LogP contribution in [0.3, 0.4) is 0 Å². The van der Waals surface area contributed by atoms with Crippen LogP contribution in [0.2, 0.25) is 0 Å². The highest BCUT2D eigenvalue weighted by Crippen LogP contribution is 2.20. The second-order valence-electron chi connectivity index (χ2n) is 5.23. The fourth-order valence-electron chi connectivity index (χ4n) is 2.52. The molecule has 1 rings (SSSR count). The van der Waals surface area contributed by atoms with Gasteiger partial charge in [-0.05, 0) is 52.1 Å². The molecule has 1 heterocycles. The summed E-state index contributed by atoms with van der Waals surface area (Å²) in [5.41, 5.74) is 5.18. The molecule has 1 aliphatic heterocycles. The second kappa shape index (κ2) is 6.22. The van der Waals surface area contributed by atoms with Gasteiger partial charge >= 0.3 is 0 Å².